The van der Waals surface area contributed by atoms with Crippen molar-refractivity contribution in [2.24, 2.45) is 24.8 Å². The average Bonchev–Trinajstić information content (AvgIpc) is 3.19. The molecule has 4 saturated carbocycles. The molecule has 0 N–H and O–H groups in total. The second-order valence-corrected chi connectivity index (χ2v) is 12.7. The molecule has 0 atom stereocenters. The molecular formula is C33H32N3+. The van der Waals surface area contributed by atoms with E-state index in [1.807, 2.05) is 0 Å². The Balaban J connectivity index is 1.51. The van der Waals surface area contributed by atoms with E-state index < -0.39 is 0 Å². The fourth-order valence-electron chi connectivity index (χ4n) is 9.48. The molecule has 3 nitrogen and oxygen atoms in total. The molecule has 4 fully saturated rings. The Labute approximate surface area is 211 Å². The number of aromatic nitrogens is 3. The number of fused-ring (bicyclic) bond motifs is 5. The topological polar surface area (TPSA) is 21.2 Å². The number of hydrogen-bond donors (Lipinski definition) is 0. The van der Waals surface area contributed by atoms with Crippen molar-refractivity contribution in [3.05, 3.63) is 65.5 Å². The van der Waals surface area contributed by atoms with E-state index in [-0.39, 0.29) is 0 Å². The first-order valence-corrected chi connectivity index (χ1v) is 13.9. The van der Waals surface area contributed by atoms with E-state index in [9.17, 15) is 0 Å². The summed E-state index contributed by atoms with van der Waals surface area (Å²) in [6, 6.07) is 16.5. The van der Waals surface area contributed by atoms with Gasteiger partial charge in [0.25, 0.3) is 6.33 Å². The predicted octanol–water partition coefficient (Wildman–Crippen LogP) is 7.29. The van der Waals surface area contributed by atoms with Crippen LogP contribution in [0.1, 0.15) is 55.2 Å². The summed E-state index contributed by atoms with van der Waals surface area (Å²) in [6.45, 7) is 4.56. The van der Waals surface area contributed by atoms with Gasteiger partial charge in [0.1, 0.15) is 5.52 Å². The lowest BCUT2D eigenvalue weighted by Gasteiger charge is -2.57. The van der Waals surface area contributed by atoms with Gasteiger partial charge in [-0.15, -0.1) is 0 Å². The molecule has 0 spiro atoms. The highest BCUT2D eigenvalue weighted by Gasteiger charge is 2.52. The van der Waals surface area contributed by atoms with Crippen LogP contribution >= 0.6 is 0 Å². The molecule has 4 aliphatic carbocycles. The van der Waals surface area contributed by atoms with E-state index in [2.05, 4.69) is 78.7 Å². The van der Waals surface area contributed by atoms with Crippen molar-refractivity contribution in [1.29, 1.82) is 0 Å². The van der Waals surface area contributed by atoms with Gasteiger partial charge in [-0.2, -0.15) is 0 Å². The SMILES string of the molecule is Cc1cc2c3ccccc3n3c4cc(C56CC7CC(CC(C7)C5)C6)cc5nc[n+](C)c(c(c1C)c23)c54. The second kappa shape index (κ2) is 6.37. The van der Waals surface area contributed by atoms with Gasteiger partial charge in [-0.05, 0) is 121 Å². The highest BCUT2D eigenvalue weighted by molar-refractivity contribution is 6.25. The molecule has 0 radical (unpaired) electrons. The standard InChI is InChI=1S/C33H32N3/c1-18-8-25-24-6-4-5-7-27(24)36-28-13-23(33-14-20-9-21(15-33)11-22(10-20)16-33)12-26-30(28)32(35(3)17-34-26)29(19(18)2)31(25)36/h4-8,12-13,17,20-22H,9-11,14-16H2,1-3H3/q+1. The van der Waals surface area contributed by atoms with E-state index >= 15 is 0 Å². The molecule has 3 aromatic carbocycles. The van der Waals surface area contributed by atoms with Crippen molar-refractivity contribution in [2.75, 3.05) is 0 Å². The number of nitrogens with zero attached hydrogens (tertiary/aromatic N) is 3. The molecule has 4 bridgehead atoms. The minimum atomic E-state index is 0.352. The van der Waals surface area contributed by atoms with Gasteiger partial charge in [0.2, 0.25) is 0 Å². The second-order valence-electron chi connectivity index (χ2n) is 12.7. The normalized spacial score (nSPS) is 27.6. The summed E-state index contributed by atoms with van der Waals surface area (Å²) in [7, 11) is 2.17. The van der Waals surface area contributed by atoms with Gasteiger partial charge in [-0.1, -0.05) is 18.2 Å². The van der Waals surface area contributed by atoms with Crippen LogP contribution in [0, 0.1) is 31.6 Å². The quantitative estimate of drug-likeness (QED) is 0.140. The molecule has 0 aliphatic heterocycles. The number of hydrogen-bond acceptors (Lipinski definition) is 1. The molecule has 36 heavy (non-hydrogen) atoms. The van der Waals surface area contributed by atoms with Gasteiger partial charge in [0.05, 0.1) is 34.4 Å². The van der Waals surface area contributed by atoms with Gasteiger partial charge in [-0.25, -0.2) is 4.57 Å². The Kier molecular flexibility index (Phi) is 3.53. The third-order valence-corrected chi connectivity index (χ3v) is 10.7. The maximum Gasteiger partial charge on any atom is 0.287 e. The molecule has 178 valence electrons. The van der Waals surface area contributed by atoms with E-state index in [0.29, 0.717) is 5.41 Å². The molecule has 3 heterocycles. The molecular weight excluding hydrogens is 438 g/mol. The Morgan fingerprint density at radius 1 is 0.861 bits per heavy atom. The van der Waals surface area contributed by atoms with Crippen molar-refractivity contribution >= 4 is 49.1 Å². The lowest BCUT2D eigenvalue weighted by atomic mass is 9.48. The Morgan fingerprint density at radius 2 is 1.58 bits per heavy atom. The number of benzene rings is 3. The summed E-state index contributed by atoms with van der Waals surface area (Å²) in [6.07, 6.45) is 10.6. The van der Waals surface area contributed by atoms with Crippen LogP contribution < -0.4 is 4.57 Å². The zero-order valence-electron chi connectivity index (χ0n) is 21.4. The van der Waals surface area contributed by atoms with Crippen LogP contribution in [-0.4, -0.2) is 9.38 Å². The molecule has 3 aromatic heterocycles. The molecule has 3 heteroatoms. The Hall–Kier alpha value is -3.20. The minimum Gasteiger partial charge on any atom is -0.308 e. The summed E-state index contributed by atoms with van der Waals surface area (Å²) in [5.41, 5.74) is 11.2. The third kappa shape index (κ3) is 2.27. The van der Waals surface area contributed by atoms with Crippen LogP contribution in [0.5, 0.6) is 0 Å². The van der Waals surface area contributed by atoms with Crippen LogP contribution in [-0.2, 0) is 12.5 Å². The lowest BCUT2D eigenvalue weighted by Crippen LogP contribution is -2.48. The van der Waals surface area contributed by atoms with E-state index in [0.717, 1.165) is 17.8 Å². The van der Waals surface area contributed by atoms with Crippen LogP contribution in [0.4, 0.5) is 0 Å². The first kappa shape index (κ1) is 19.9. The molecule has 0 amide bonds. The third-order valence-electron chi connectivity index (χ3n) is 10.7. The highest BCUT2D eigenvalue weighted by atomic mass is 15.0. The lowest BCUT2D eigenvalue weighted by molar-refractivity contribution is -0.646. The fourth-order valence-corrected chi connectivity index (χ4v) is 9.48. The van der Waals surface area contributed by atoms with E-state index in [1.54, 1.807) is 5.56 Å². The number of rotatable bonds is 1. The zero-order valence-corrected chi connectivity index (χ0v) is 21.4. The predicted molar refractivity (Wildman–Crippen MR) is 147 cm³/mol. The summed E-state index contributed by atoms with van der Waals surface area (Å²) in [5, 5.41) is 5.43. The van der Waals surface area contributed by atoms with Crippen molar-refractivity contribution in [2.45, 2.75) is 57.8 Å². The Bertz CT molecular complexity index is 1870. The van der Waals surface area contributed by atoms with Crippen LogP contribution in [0.25, 0.3) is 49.1 Å². The molecule has 10 rings (SSSR count). The summed E-state index contributed by atoms with van der Waals surface area (Å²) in [4.78, 5) is 5.08. The maximum absolute atomic E-state index is 5.08. The van der Waals surface area contributed by atoms with Gasteiger partial charge < -0.3 is 4.40 Å². The van der Waals surface area contributed by atoms with Gasteiger partial charge in [0.15, 0.2) is 5.52 Å². The first-order chi connectivity index (χ1) is 17.5. The molecule has 0 saturated heterocycles. The van der Waals surface area contributed by atoms with E-state index in [4.69, 9.17) is 4.98 Å². The van der Waals surface area contributed by atoms with Gasteiger partial charge in [-0.3, -0.25) is 0 Å². The monoisotopic (exact) mass is 470 g/mol. The van der Waals surface area contributed by atoms with Crippen LogP contribution in [0.2, 0.25) is 0 Å². The van der Waals surface area contributed by atoms with Crippen molar-refractivity contribution in [3.63, 3.8) is 0 Å². The Morgan fingerprint density at radius 3 is 2.33 bits per heavy atom. The molecule has 6 aromatic rings. The average molecular weight is 471 g/mol. The molecule has 4 aliphatic rings. The number of pyridine rings is 1. The number of para-hydroxylation sites is 1. The van der Waals surface area contributed by atoms with E-state index in [1.165, 1.54) is 98.8 Å². The first-order valence-electron chi connectivity index (χ1n) is 13.9. The van der Waals surface area contributed by atoms with Crippen LogP contribution in [0.15, 0.2) is 48.8 Å². The van der Waals surface area contributed by atoms with Gasteiger partial charge >= 0.3 is 0 Å². The van der Waals surface area contributed by atoms with Crippen LogP contribution in [0.3, 0.4) is 0 Å². The van der Waals surface area contributed by atoms with Crippen molar-refractivity contribution in [1.82, 2.24) is 9.38 Å². The fraction of sp³-hybridized carbons (Fsp3) is 0.394. The smallest absolute Gasteiger partial charge is 0.287 e. The van der Waals surface area contributed by atoms with Gasteiger partial charge in [0, 0.05) is 10.8 Å². The summed E-state index contributed by atoms with van der Waals surface area (Å²) < 4.78 is 4.85. The maximum atomic E-state index is 5.08. The number of aryl methyl sites for hydroxylation is 3. The molecule has 0 unspecified atom stereocenters. The van der Waals surface area contributed by atoms with Crippen molar-refractivity contribution in [3.8, 4) is 0 Å². The minimum absolute atomic E-state index is 0.352. The largest absolute Gasteiger partial charge is 0.308 e. The summed E-state index contributed by atoms with van der Waals surface area (Å²) >= 11 is 0. The van der Waals surface area contributed by atoms with Crippen molar-refractivity contribution < 1.29 is 4.57 Å². The zero-order chi connectivity index (χ0) is 23.9. The highest BCUT2D eigenvalue weighted by Crippen LogP contribution is 2.61. The summed E-state index contributed by atoms with van der Waals surface area (Å²) in [5.74, 6) is 2.81.